The normalized spacial score (nSPS) is 15.1. The zero-order chi connectivity index (χ0) is 20.4. The molecule has 1 amide bonds. The molecule has 1 unspecified atom stereocenters. The van der Waals surface area contributed by atoms with Gasteiger partial charge in [-0.05, 0) is 0 Å². The van der Waals surface area contributed by atoms with Gasteiger partial charge in [-0.25, -0.2) is 0 Å². The third-order valence-electron chi connectivity index (χ3n) is 4.89. The molecule has 0 bridgehead atoms. The molecular weight excluding hydrogens is 425 g/mol. The van der Waals surface area contributed by atoms with Crippen LogP contribution in [0.15, 0.2) is 29.1 Å². The van der Waals surface area contributed by atoms with E-state index in [0.29, 0.717) is 18.6 Å². The van der Waals surface area contributed by atoms with Crippen molar-refractivity contribution in [1.29, 1.82) is 0 Å². The molecule has 1 atom stereocenters. The fourth-order valence-corrected chi connectivity index (χ4v) is 4.70. The van der Waals surface area contributed by atoms with Crippen LogP contribution in [0.4, 0.5) is 0 Å². The molecule has 28 heavy (non-hydrogen) atoms. The number of aryl methyl sites for hydroxylation is 1. The predicted molar refractivity (Wildman–Crippen MR) is 109 cm³/mol. The molecule has 2 aromatic rings. The molecule has 0 aliphatic heterocycles. The van der Waals surface area contributed by atoms with E-state index < -0.39 is 0 Å². The number of nitrogens with one attached hydrogen (secondary N) is 1. The first-order chi connectivity index (χ1) is 13.4. The van der Waals surface area contributed by atoms with E-state index in [4.69, 9.17) is 9.47 Å². The van der Waals surface area contributed by atoms with Gasteiger partial charge in [0.15, 0.2) is 0 Å². The Bertz CT molecular complexity index is 989. The molecule has 148 valence electrons. The van der Waals surface area contributed by atoms with Crippen LogP contribution in [0.3, 0.4) is 0 Å². The number of methoxy groups -OCH3 is 2. The van der Waals surface area contributed by atoms with Crippen molar-refractivity contribution in [3.8, 4) is 28.4 Å². The number of hydrogen-bond acceptors (Lipinski definition) is 5. The number of phenolic OH excluding ortho intramolecular Hbond substituents is 1. The number of amides is 1. The second-order valence-corrected chi connectivity index (χ2v) is 8.35. The van der Waals surface area contributed by atoms with Gasteiger partial charge >= 0.3 is 170 Å². The number of benzene rings is 1. The van der Waals surface area contributed by atoms with Crippen LogP contribution >= 0.6 is 0 Å². The predicted octanol–water partition coefficient (Wildman–Crippen LogP) is 1.94. The summed E-state index contributed by atoms with van der Waals surface area (Å²) in [5, 5.41) is 13.3. The monoisotopic (exact) mass is 449 g/mol. The number of ether oxygens (including phenoxy) is 2. The molecule has 6 nitrogen and oxygen atoms in total. The summed E-state index contributed by atoms with van der Waals surface area (Å²) in [6.45, 7) is 1.47. The molecule has 0 spiro atoms. The SMILES string of the molecule is COc1c(O)cc2c(c1OC)-c1ccc([Se]C)c(=O)cc1C(NC(C)=O)CC2. The molecular formula is C21H23NO5Se. The third kappa shape index (κ3) is 3.60. The fourth-order valence-electron chi connectivity index (χ4n) is 3.73. The number of rotatable bonds is 4. The molecule has 0 radical (unpaired) electrons. The molecule has 2 aromatic carbocycles. The number of aromatic hydroxyl groups is 1. The van der Waals surface area contributed by atoms with Crippen molar-refractivity contribution in [2.75, 3.05) is 14.2 Å². The molecule has 0 saturated carbocycles. The van der Waals surface area contributed by atoms with Gasteiger partial charge in [0.1, 0.15) is 0 Å². The maximum atomic E-state index is 12.7. The quantitative estimate of drug-likeness (QED) is 0.699. The molecule has 0 saturated heterocycles. The average Bonchev–Trinajstić information content (AvgIpc) is 2.89. The van der Waals surface area contributed by atoms with Crippen molar-refractivity contribution in [2.45, 2.75) is 31.6 Å². The zero-order valence-corrected chi connectivity index (χ0v) is 18.0. The first kappa shape index (κ1) is 20.2. The van der Waals surface area contributed by atoms with Crippen molar-refractivity contribution in [3.63, 3.8) is 0 Å². The van der Waals surface area contributed by atoms with E-state index in [-0.39, 0.29) is 43.8 Å². The Morgan fingerprint density at radius 3 is 2.54 bits per heavy atom. The van der Waals surface area contributed by atoms with Gasteiger partial charge < -0.3 is 0 Å². The first-order valence-corrected chi connectivity index (χ1v) is 11.4. The Labute approximate surface area is 170 Å². The van der Waals surface area contributed by atoms with E-state index >= 15 is 0 Å². The molecule has 0 heterocycles. The van der Waals surface area contributed by atoms with Crippen LogP contribution in [0.25, 0.3) is 11.1 Å². The van der Waals surface area contributed by atoms with Crippen molar-refractivity contribution in [3.05, 3.63) is 45.6 Å². The minimum absolute atomic E-state index is 0.0000256. The maximum absolute atomic E-state index is 12.7. The summed E-state index contributed by atoms with van der Waals surface area (Å²) in [4.78, 5) is 24.5. The molecule has 0 aromatic heterocycles. The van der Waals surface area contributed by atoms with Gasteiger partial charge in [0, 0.05) is 0 Å². The van der Waals surface area contributed by atoms with E-state index in [9.17, 15) is 14.7 Å². The summed E-state index contributed by atoms with van der Waals surface area (Å²) in [7, 11) is 3.00. The molecule has 1 aliphatic carbocycles. The Hall–Kier alpha value is -2.50. The van der Waals surface area contributed by atoms with Crippen LogP contribution < -0.4 is 24.7 Å². The van der Waals surface area contributed by atoms with Crippen LogP contribution in [-0.2, 0) is 11.2 Å². The average molecular weight is 448 g/mol. The summed E-state index contributed by atoms with van der Waals surface area (Å²) in [5.41, 5.74) is 3.18. The minimum atomic E-state index is -0.310. The van der Waals surface area contributed by atoms with Crippen molar-refractivity contribution >= 4 is 25.3 Å². The van der Waals surface area contributed by atoms with E-state index in [1.54, 1.807) is 12.1 Å². The number of carbonyl (C=O) groups is 1. The van der Waals surface area contributed by atoms with Crippen molar-refractivity contribution < 1.29 is 19.4 Å². The standard InChI is InChI=1S/C21H23NO5Se/c1-11(23)22-15-7-5-12-9-17(25)20(26-2)21(27-3)19(12)13-6-8-18(28-4)16(24)10-14(13)15/h6,8-10,15,25H,5,7H2,1-4H3,(H,22,23). The van der Waals surface area contributed by atoms with Crippen LogP contribution in [0.1, 0.15) is 30.5 Å². The number of carbonyl (C=O) groups excluding carboxylic acids is 1. The van der Waals surface area contributed by atoms with E-state index in [2.05, 4.69) is 5.32 Å². The van der Waals surface area contributed by atoms with Gasteiger partial charge in [-0.3, -0.25) is 0 Å². The van der Waals surface area contributed by atoms with Gasteiger partial charge in [-0.2, -0.15) is 0 Å². The van der Waals surface area contributed by atoms with Crippen LogP contribution in [-0.4, -0.2) is 40.2 Å². The molecule has 3 rings (SSSR count). The van der Waals surface area contributed by atoms with Crippen molar-refractivity contribution in [2.24, 2.45) is 0 Å². The van der Waals surface area contributed by atoms with Gasteiger partial charge in [0.05, 0.1) is 0 Å². The molecule has 2 N–H and O–H groups in total. The third-order valence-corrected chi connectivity index (χ3v) is 6.52. The number of hydrogen-bond donors (Lipinski definition) is 2. The second kappa shape index (κ2) is 8.25. The first-order valence-electron chi connectivity index (χ1n) is 8.87. The molecule has 7 heteroatoms. The van der Waals surface area contributed by atoms with Crippen LogP contribution in [0.5, 0.6) is 17.2 Å². The Kier molecular flexibility index (Phi) is 5.96. The van der Waals surface area contributed by atoms with E-state index in [0.717, 1.165) is 26.7 Å². The summed E-state index contributed by atoms with van der Waals surface area (Å²) in [6.07, 6.45) is 1.20. The van der Waals surface area contributed by atoms with Gasteiger partial charge in [0.25, 0.3) is 0 Å². The van der Waals surface area contributed by atoms with Crippen LogP contribution in [0.2, 0.25) is 5.82 Å². The Morgan fingerprint density at radius 1 is 1.21 bits per heavy atom. The van der Waals surface area contributed by atoms with Gasteiger partial charge in [-0.15, -0.1) is 0 Å². The topological polar surface area (TPSA) is 84.9 Å². The van der Waals surface area contributed by atoms with Crippen molar-refractivity contribution in [1.82, 2.24) is 5.32 Å². The number of phenols is 1. The summed E-state index contributed by atoms with van der Waals surface area (Å²) < 4.78 is 11.7. The van der Waals surface area contributed by atoms with E-state index in [1.807, 2.05) is 18.0 Å². The zero-order valence-electron chi connectivity index (χ0n) is 16.3. The molecule has 0 fully saturated rings. The van der Waals surface area contributed by atoms with Crippen LogP contribution in [0, 0.1) is 0 Å². The van der Waals surface area contributed by atoms with E-state index in [1.165, 1.54) is 21.1 Å². The Balaban J connectivity index is 2.41. The summed E-state index contributed by atoms with van der Waals surface area (Å²) in [6, 6.07) is 6.75. The second-order valence-electron chi connectivity index (χ2n) is 6.57. The van der Waals surface area contributed by atoms with Gasteiger partial charge in [-0.1, -0.05) is 0 Å². The summed E-state index contributed by atoms with van der Waals surface area (Å²) in [5.74, 6) is 2.51. The molecule has 1 aliphatic rings. The van der Waals surface area contributed by atoms with Gasteiger partial charge in [0.2, 0.25) is 0 Å². The fraction of sp³-hybridized carbons (Fsp3) is 0.333. The number of fused-ring (bicyclic) bond motifs is 3. The summed E-state index contributed by atoms with van der Waals surface area (Å²) >= 11 is 0.0395. The Morgan fingerprint density at radius 2 is 1.93 bits per heavy atom.